The third-order valence-electron chi connectivity index (χ3n) is 0.892. The van der Waals surface area contributed by atoms with Gasteiger partial charge in [-0.2, -0.15) is 0 Å². The molecule has 4 nitrogen and oxygen atoms in total. The molecule has 0 rings (SSSR count). The smallest absolute Gasteiger partial charge is 0.876 e. The van der Waals surface area contributed by atoms with Gasteiger partial charge in [0, 0.05) is 12.8 Å². The third-order valence-corrected chi connectivity index (χ3v) is 0.892. The fraction of sp³-hybridized carbons (Fsp3) is 0.400. The van der Waals surface area contributed by atoms with E-state index in [1.165, 1.54) is 13.8 Å². The molecule has 0 atom stereocenters. The number of hydrogen-bond acceptors (Lipinski definition) is 4. The van der Waals surface area contributed by atoms with Crippen molar-refractivity contribution in [2.75, 3.05) is 0 Å². The van der Waals surface area contributed by atoms with Crippen LogP contribution in [-0.2, 0) is 26.7 Å². The van der Waals surface area contributed by atoms with E-state index in [1.807, 2.05) is 0 Å². The van der Waals surface area contributed by atoms with Gasteiger partial charge in [0.05, 0.1) is 0 Å². The minimum absolute atomic E-state index is 0. The summed E-state index contributed by atoms with van der Waals surface area (Å²) < 4.78 is 0. The molecule has 0 saturated heterocycles. The van der Waals surface area contributed by atoms with Crippen LogP contribution in [0.4, 0.5) is 0 Å². The van der Waals surface area contributed by atoms with E-state index >= 15 is 0 Å². The second-order valence-corrected chi connectivity index (χ2v) is 2.83. The van der Waals surface area contributed by atoms with Crippen LogP contribution >= 0.6 is 0 Å². The fourth-order valence-corrected chi connectivity index (χ4v) is 0.555. The predicted molar refractivity (Wildman–Crippen MR) is 48.9 cm³/mol. The molecule has 0 bridgehead atoms. The van der Waals surface area contributed by atoms with Crippen molar-refractivity contribution in [3.63, 3.8) is 0 Å². The standard InChI is InChI=1S/2C5H8O2.Mn/c2*1-4(6)3-5(2)7;/h2*6H,1,3H2,2H3;/q;;+2/p-2. The molecule has 0 unspecified atom stereocenters. The Balaban J connectivity index is -0.000000180. The Bertz CT molecular complexity index is 196. The Morgan fingerprint density at radius 1 is 0.933 bits per heavy atom. The summed E-state index contributed by atoms with van der Waals surface area (Å²) in [5.74, 6) is -0.875. The molecule has 85 valence electrons. The first kappa shape index (κ1) is 19.5. The monoisotopic (exact) mass is 253 g/mol. The molecular weight excluding hydrogens is 239 g/mol. The molecule has 0 aromatic heterocycles. The molecular formula is C10H14MnO4. The van der Waals surface area contributed by atoms with Crippen molar-refractivity contribution in [2.45, 2.75) is 26.7 Å². The van der Waals surface area contributed by atoms with Gasteiger partial charge >= 0.3 is 17.1 Å². The summed E-state index contributed by atoms with van der Waals surface area (Å²) in [7, 11) is 0. The predicted octanol–water partition coefficient (Wildman–Crippen LogP) is -0.323. The number of Topliss-reactive ketones (excluding diaryl/α,β-unsaturated/α-hetero) is 2. The van der Waals surface area contributed by atoms with E-state index in [0.717, 1.165) is 0 Å². The average Bonchev–Trinajstić information content (AvgIpc) is 1.79. The van der Waals surface area contributed by atoms with E-state index < -0.39 is 0 Å². The van der Waals surface area contributed by atoms with Crippen LogP contribution in [0.1, 0.15) is 26.7 Å². The van der Waals surface area contributed by atoms with Crippen molar-refractivity contribution in [3.05, 3.63) is 24.7 Å². The molecule has 0 N–H and O–H groups in total. The molecule has 0 spiro atoms. The van der Waals surface area contributed by atoms with Gasteiger partial charge < -0.3 is 10.2 Å². The summed E-state index contributed by atoms with van der Waals surface area (Å²) in [5, 5.41) is 19.8. The van der Waals surface area contributed by atoms with Crippen LogP contribution < -0.4 is 10.2 Å². The quantitative estimate of drug-likeness (QED) is 0.508. The van der Waals surface area contributed by atoms with Crippen LogP contribution in [0.25, 0.3) is 0 Å². The summed E-state index contributed by atoms with van der Waals surface area (Å²) in [6, 6.07) is 0. The number of hydrogen-bond donors (Lipinski definition) is 0. The average molecular weight is 253 g/mol. The Morgan fingerprint density at radius 2 is 1.13 bits per heavy atom. The largest absolute Gasteiger partial charge is 2.00 e. The maximum absolute atomic E-state index is 9.99. The van der Waals surface area contributed by atoms with Crippen LogP contribution in [0.5, 0.6) is 0 Å². The van der Waals surface area contributed by atoms with Gasteiger partial charge in [0.25, 0.3) is 0 Å². The van der Waals surface area contributed by atoms with Crippen LogP contribution in [0.15, 0.2) is 24.7 Å². The SMILES string of the molecule is C=C([O-])CC(C)=O.C=C([O-])CC(C)=O.[Mn+2]. The summed E-state index contributed by atoms with van der Waals surface area (Å²) in [4.78, 5) is 20.0. The minimum Gasteiger partial charge on any atom is -0.876 e. The first-order valence-corrected chi connectivity index (χ1v) is 3.94. The second kappa shape index (κ2) is 11.0. The molecule has 0 saturated carbocycles. The van der Waals surface area contributed by atoms with Crippen molar-refractivity contribution < 1.29 is 36.9 Å². The molecule has 1 radical (unpaired) electrons. The number of allylic oxidation sites excluding steroid dienone is 2. The number of rotatable bonds is 4. The van der Waals surface area contributed by atoms with E-state index in [1.54, 1.807) is 0 Å². The van der Waals surface area contributed by atoms with E-state index in [-0.39, 0.29) is 53.0 Å². The van der Waals surface area contributed by atoms with Crippen molar-refractivity contribution in [3.8, 4) is 0 Å². The summed E-state index contributed by atoms with van der Waals surface area (Å²) in [6.45, 7) is 8.77. The van der Waals surface area contributed by atoms with Crippen LogP contribution in [-0.4, -0.2) is 11.6 Å². The molecule has 0 aliphatic carbocycles. The normalized spacial score (nSPS) is 7.60. The third kappa shape index (κ3) is 32.2. The zero-order chi connectivity index (χ0) is 11.7. The van der Waals surface area contributed by atoms with Crippen molar-refractivity contribution in [2.24, 2.45) is 0 Å². The molecule has 0 amide bonds. The van der Waals surface area contributed by atoms with Gasteiger partial charge in [0.15, 0.2) is 0 Å². The second-order valence-electron chi connectivity index (χ2n) is 2.83. The number of carbonyl (C=O) groups excluding carboxylic acids is 2. The summed E-state index contributed by atoms with van der Waals surface area (Å²) in [6.07, 6.45) is -0.0556. The first-order valence-electron chi connectivity index (χ1n) is 3.94. The number of ketones is 2. The molecule has 0 aliphatic rings. The fourth-order valence-electron chi connectivity index (χ4n) is 0.555. The van der Waals surface area contributed by atoms with Gasteiger partial charge in [0.2, 0.25) is 0 Å². The maximum Gasteiger partial charge on any atom is 2.00 e. The van der Waals surface area contributed by atoms with Gasteiger partial charge in [-0.3, -0.25) is 9.59 Å². The maximum atomic E-state index is 9.99. The van der Waals surface area contributed by atoms with Gasteiger partial charge in [0.1, 0.15) is 11.6 Å². The van der Waals surface area contributed by atoms with Crippen LogP contribution in [0.2, 0.25) is 0 Å². The van der Waals surface area contributed by atoms with Crippen molar-refractivity contribution in [1.82, 2.24) is 0 Å². The molecule has 0 aromatic carbocycles. The van der Waals surface area contributed by atoms with Crippen molar-refractivity contribution in [1.29, 1.82) is 0 Å². The molecule has 15 heavy (non-hydrogen) atoms. The Labute approximate surface area is 100 Å². The van der Waals surface area contributed by atoms with Crippen LogP contribution in [0.3, 0.4) is 0 Å². The zero-order valence-corrected chi connectivity index (χ0v) is 10.0. The molecule has 5 heteroatoms. The zero-order valence-electron chi connectivity index (χ0n) is 8.84. The first-order chi connectivity index (χ1) is 6.25. The van der Waals surface area contributed by atoms with Crippen LogP contribution in [0, 0.1) is 0 Å². The van der Waals surface area contributed by atoms with E-state index in [4.69, 9.17) is 0 Å². The van der Waals surface area contributed by atoms with Crippen molar-refractivity contribution >= 4 is 11.6 Å². The molecule has 0 aliphatic heterocycles. The van der Waals surface area contributed by atoms with E-state index in [9.17, 15) is 19.8 Å². The Morgan fingerprint density at radius 3 is 1.13 bits per heavy atom. The van der Waals surface area contributed by atoms with E-state index in [2.05, 4.69) is 13.2 Å². The van der Waals surface area contributed by atoms with Gasteiger partial charge in [-0.1, -0.05) is 0 Å². The Kier molecular flexibility index (Phi) is 14.3. The molecule has 0 fully saturated rings. The summed E-state index contributed by atoms with van der Waals surface area (Å²) in [5.41, 5.74) is 0. The minimum atomic E-state index is -0.312. The number of carbonyl (C=O) groups is 2. The topological polar surface area (TPSA) is 80.3 Å². The van der Waals surface area contributed by atoms with E-state index in [0.29, 0.717) is 0 Å². The van der Waals surface area contributed by atoms with Gasteiger partial charge in [-0.05, 0) is 13.8 Å². The Hall–Kier alpha value is -1.06. The molecule has 0 heterocycles. The van der Waals surface area contributed by atoms with Gasteiger partial charge in [-0.25, -0.2) is 0 Å². The molecule has 0 aromatic rings. The van der Waals surface area contributed by atoms with Gasteiger partial charge in [-0.15, -0.1) is 24.7 Å². The summed E-state index contributed by atoms with van der Waals surface area (Å²) >= 11 is 0.